The molecule has 1 amide bonds. The molecule has 0 aromatic heterocycles. The molecule has 1 aromatic rings. The van der Waals surface area contributed by atoms with Crippen LogP contribution in [-0.2, 0) is 4.79 Å². The van der Waals surface area contributed by atoms with Gasteiger partial charge in [0, 0.05) is 12.3 Å². The molecule has 5 heteroatoms. The van der Waals surface area contributed by atoms with E-state index in [2.05, 4.69) is 0 Å². The van der Waals surface area contributed by atoms with Crippen LogP contribution in [0.15, 0.2) is 24.3 Å². The lowest BCUT2D eigenvalue weighted by atomic mass is 10.3. The van der Waals surface area contributed by atoms with Crippen molar-refractivity contribution in [2.45, 2.75) is 6.42 Å². The Bertz CT molecular complexity index is 330. The molecule has 0 aliphatic heterocycles. The van der Waals surface area contributed by atoms with Crippen LogP contribution >= 0.6 is 23.2 Å². The van der Waals surface area contributed by atoms with Crippen LogP contribution in [-0.4, -0.2) is 17.0 Å². The van der Waals surface area contributed by atoms with Gasteiger partial charge in [0.1, 0.15) is 0 Å². The minimum Gasteiger partial charge on any atom is -0.281 e. The summed E-state index contributed by atoms with van der Waals surface area (Å²) < 4.78 is 0. The van der Waals surface area contributed by atoms with E-state index < -0.39 is 5.91 Å². The number of para-hydroxylation sites is 1. The normalized spacial score (nSPS) is 9.93. The van der Waals surface area contributed by atoms with Gasteiger partial charge in [-0.1, -0.05) is 23.7 Å². The van der Waals surface area contributed by atoms with E-state index in [9.17, 15) is 10.0 Å². The second-order valence-electron chi connectivity index (χ2n) is 2.60. The van der Waals surface area contributed by atoms with Crippen molar-refractivity contribution < 1.29 is 10.0 Å². The molecule has 0 radical (unpaired) electrons. The minimum atomic E-state index is -0.479. The van der Waals surface area contributed by atoms with Crippen LogP contribution < -0.4 is 5.06 Å². The van der Waals surface area contributed by atoms with Crippen LogP contribution in [0.5, 0.6) is 0 Å². The topological polar surface area (TPSA) is 40.5 Å². The number of halogens is 2. The van der Waals surface area contributed by atoms with Crippen molar-refractivity contribution in [3.8, 4) is 0 Å². The van der Waals surface area contributed by atoms with Gasteiger partial charge in [0.05, 0.1) is 10.7 Å². The lowest BCUT2D eigenvalue weighted by molar-refractivity contribution is -0.123. The summed E-state index contributed by atoms with van der Waals surface area (Å²) >= 11 is 11.2. The standard InChI is InChI=1S/C9H9Cl2NO2/c10-6-5-9(13)12(14)8-4-2-1-3-7(8)11/h1-4,14H,5-6H2. The summed E-state index contributed by atoms with van der Waals surface area (Å²) in [5.74, 6) is -0.312. The lowest BCUT2D eigenvalue weighted by Crippen LogP contribution is -2.27. The third kappa shape index (κ3) is 2.61. The van der Waals surface area contributed by atoms with E-state index >= 15 is 0 Å². The Balaban J connectivity index is 2.84. The smallest absolute Gasteiger partial charge is 0.251 e. The molecule has 0 atom stereocenters. The fraction of sp³-hybridized carbons (Fsp3) is 0.222. The van der Waals surface area contributed by atoms with Crippen molar-refractivity contribution in [3.05, 3.63) is 29.3 Å². The molecule has 1 N–H and O–H groups in total. The molecule has 0 saturated heterocycles. The molecule has 3 nitrogen and oxygen atoms in total. The Hall–Kier alpha value is -0.770. The highest BCUT2D eigenvalue weighted by Gasteiger charge is 2.14. The number of anilines is 1. The molecule has 1 rings (SSSR count). The number of carbonyl (C=O) groups is 1. The van der Waals surface area contributed by atoms with Crippen molar-refractivity contribution in [1.82, 2.24) is 0 Å². The summed E-state index contributed by atoms with van der Waals surface area (Å²) in [6, 6.07) is 6.53. The first kappa shape index (κ1) is 11.3. The van der Waals surface area contributed by atoms with E-state index in [1.807, 2.05) is 0 Å². The number of nitrogens with zero attached hydrogens (tertiary/aromatic N) is 1. The summed E-state index contributed by atoms with van der Waals surface area (Å²) in [5, 5.41) is 10.3. The van der Waals surface area contributed by atoms with Gasteiger partial charge in [-0.15, -0.1) is 11.6 Å². The van der Waals surface area contributed by atoms with Gasteiger partial charge >= 0.3 is 0 Å². The van der Waals surface area contributed by atoms with Gasteiger partial charge in [-0.2, -0.15) is 5.06 Å². The van der Waals surface area contributed by atoms with Crippen molar-refractivity contribution in [1.29, 1.82) is 0 Å². The van der Waals surface area contributed by atoms with E-state index in [4.69, 9.17) is 23.2 Å². The van der Waals surface area contributed by atoms with Gasteiger partial charge < -0.3 is 0 Å². The Morgan fingerprint density at radius 3 is 2.64 bits per heavy atom. The molecule has 0 saturated carbocycles. The SMILES string of the molecule is O=C(CCCl)N(O)c1ccccc1Cl. The number of alkyl halides is 1. The van der Waals surface area contributed by atoms with Crippen molar-refractivity contribution >= 4 is 34.8 Å². The number of hydrogen-bond donors (Lipinski definition) is 1. The predicted octanol–water partition coefficient (Wildman–Crippen LogP) is 2.69. The van der Waals surface area contributed by atoms with Gasteiger partial charge in [-0.25, -0.2) is 0 Å². The fourth-order valence-corrected chi connectivity index (χ4v) is 1.32. The Morgan fingerprint density at radius 1 is 1.43 bits per heavy atom. The zero-order valence-corrected chi connectivity index (χ0v) is 8.79. The first-order valence-electron chi connectivity index (χ1n) is 3.99. The van der Waals surface area contributed by atoms with Crippen molar-refractivity contribution in [2.24, 2.45) is 0 Å². The van der Waals surface area contributed by atoms with Crippen LogP contribution in [0.3, 0.4) is 0 Å². The van der Waals surface area contributed by atoms with E-state index in [0.717, 1.165) is 0 Å². The average molecular weight is 234 g/mol. The van der Waals surface area contributed by atoms with Gasteiger partial charge in [0.25, 0.3) is 5.91 Å². The highest BCUT2D eigenvalue weighted by molar-refractivity contribution is 6.33. The highest BCUT2D eigenvalue weighted by Crippen LogP contribution is 2.24. The Labute approximate surface area is 91.8 Å². The molecule has 1 aromatic carbocycles. The number of benzene rings is 1. The maximum atomic E-state index is 11.2. The van der Waals surface area contributed by atoms with Gasteiger partial charge in [0.2, 0.25) is 0 Å². The van der Waals surface area contributed by atoms with E-state index in [1.165, 1.54) is 0 Å². The van der Waals surface area contributed by atoms with Crippen LogP contribution in [0, 0.1) is 0 Å². The minimum absolute atomic E-state index is 0.0727. The number of hydroxylamine groups is 1. The number of hydrogen-bond acceptors (Lipinski definition) is 2. The van der Waals surface area contributed by atoms with Crippen LogP contribution in [0.25, 0.3) is 0 Å². The molecule has 0 heterocycles. The molecule has 14 heavy (non-hydrogen) atoms. The highest BCUT2D eigenvalue weighted by atomic mass is 35.5. The molecular formula is C9H9Cl2NO2. The molecule has 76 valence electrons. The fourth-order valence-electron chi connectivity index (χ4n) is 0.945. The van der Waals surface area contributed by atoms with Crippen molar-refractivity contribution in [3.63, 3.8) is 0 Å². The molecule has 0 aliphatic rings. The lowest BCUT2D eigenvalue weighted by Gasteiger charge is -2.15. The first-order valence-corrected chi connectivity index (χ1v) is 4.90. The van der Waals surface area contributed by atoms with E-state index in [0.29, 0.717) is 10.1 Å². The summed E-state index contributed by atoms with van der Waals surface area (Å²) in [4.78, 5) is 11.2. The number of carbonyl (C=O) groups excluding carboxylic acids is 1. The molecule has 0 bridgehead atoms. The summed E-state index contributed by atoms with van der Waals surface area (Å²) in [6.45, 7) is 0. The number of amides is 1. The van der Waals surface area contributed by atoms with Crippen molar-refractivity contribution in [2.75, 3.05) is 10.9 Å². The molecule has 0 aliphatic carbocycles. The summed E-state index contributed by atoms with van der Waals surface area (Å²) in [5.41, 5.74) is 0.268. The third-order valence-electron chi connectivity index (χ3n) is 1.63. The zero-order valence-electron chi connectivity index (χ0n) is 7.28. The number of rotatable bonds is 3. The van der Waals surface area contributed by atoms with Crippen LogP contribution in [0.4, 0.5) is 5.69 Å². The second kappa shape index (κ2) is 5.20. The molecule has 0 spiro atoms. The predicted molar refractivity (Wildman–Crippen MR) is 56.1 cm³/mol. The molecule has 0 unspecified atom stereocenters. The first-order chi connectivity index (χ1) is 6.66. The van der Waals surface area contributed by atoms with E-state index in [-0.39, 0.29) is 18.0 Å². The van der Waals surface area contributed by atoms with Crippen LogP contribution in [0.2, 0.25) is 5.02 Å². The zero-order chi connectivity index (χ0) is 10.6. The van der Waals surface area contributed by atoms with Gasteiger partial charge in [-0.05, 0) is 12.1 Å². The van der Waals surface area contributed by atoms with Gasteiger partial charge in [-0.3, -0.25) is 10.0 Å². The largest absolute Gasteiger partial charge is 0.281 e. The molecule has 0 fully saturated rings. The monoisotopic (exact) mass is 233 g/mol. The Morgan fingerprint density at radius 2 is 2.07 bits per heavy atom. The van der Waals surface area contributed by atoms with Gasteiger partial charge in [0.15, 0.2) is 0 Å². The quantitative estimate of drug-likeness (QED) is 0.496. The Kier molecular flexibility index (Phi) is 4.20. The summed E-state index contributed by atoms with van der Waals surface area (Å²) in [7, 11) is 0. The third-order valence-corrected chi connectivity index (χ3v) is 2.13. The maximum absolute atomic E-state index is 11.2. The van der Waals surface area contributed by atoms with E-state index in [1.54, 1.807) is 24.3 Å². The maximum Gasteiger partial charge on any atom is 0.251 e. The second-order valence-corrected chi connectivity index (χ2v) is 3.38. The van der Waals surface area contributed by atoms with Crippen LogP contribution in [0.1, 0.15) is 6.42 Å². The summed E-state index contributed by atoms with van der Waals surface area (Å²) in [6.07, 6.45) is 0.0727. The average Bonchev–Trinajstić information content (AvgIpc) is 2.18. The molecular weight excluding hydrogens is 225 g/mol.